The normalized spacial score (nSPS) is 11.4. The Kier molecular flexibility index (Phi) is 6.81. The lowest BCUT2D eigenvalue weighted by molar-refractivity contribution is -0.128. The smallest absolute Gasteiger partial charge is 0.233 e. The Morgan fingerprint density at radius 3 is 2.29 bits per heavy atom. The van der Waals surface area contributed by atoms with E-state index in [-0.39, 0.29) is 5.91 Å². The molecule has 1 amide bonds. The maximum absolute atomic E-state index is 12.7. The summed E-state index contributed by atoms with van der Waals surface area (Å²) in [7, 11) is 0. The van der Waals surface area contributed by atoms with Crippen LogP contribution < -0.4 is 11.1 Å². The number of thiocarbonyl (C=S) groups is 1. The van der Waals surface area contributed by atoms with Gasteiger partial charge in [0.05, 0.1) is 16.9 Å². The molecule has 21 heavy (non-hydrogen) atoms. The number of hydrogen-bond acceptors (Lipinski definition) is 3. The third kappa shape index (κ3) is 4.27. The van der Waals surface area contributed by atoms with E-state index in [1.807, 2.05) is 0 Å². The van der Waals surface area contributed by atoms with E-state index in [2.05, 4.69) is 39.1 Å². The molecule has 0 aliphatic carbocycles. The molecule has 0 atom stereocenters. The fourth-order valence-corrected chi connectivity index (χ4v) is 3.93. The van der Waals surface area contributed by atoms with Gasteiger partial charge in [-0.15, -0.1) is 11.3 Å². The number of hydrogen-bond donors (Lipinski definition) is 2. The Balaban J connectivity index is 2.83. The van der Waals surface area contributed by atoms with Crippen LogP contribution in [0.25, 0.3) is 0 Å². The molecule has 0 aromatic carbocycles. The van der Waals surface area contributed by atoms with Crippen LogP contribution in [0.15, 0.2) is 6.07 Å². The van der Waals surface area contributed by atoms with Crippen molar-refractivity contribution in [1.82, 2.24) is 5.32 Å². The molecule has 3 nitrogen and oxygen atoms in total. The molecular formula is C16H26N2OS2. The number of thiophene rings is 1. The summed E-state index contributed by atoms with van der Waals surface area (Å²) in [6.07, 6.45) is 3.21. The lowest BCUT2D eigenvalue weighted by Crippen LogP contribution is -2.48. The van der Waals surface area contributed by atoms with Crippen LogP contribution >= 0.6 is 23.6 Å². The fourth-order valence-electron chi connectivity index (χ4n) is 2.64. The minimum absolute atomic E-state index is 0.0255. The van der Waals surface area contributed by atoms with Crippen LogP contribution in [0, 0.1) is 19.3 Å². The molecule has 0 saturated heterocycles. The Morgan fingerprint density at radius 2 is 1.90 bits per heavy atom. The molecule has 0 radical (unpaired) electrons. The van der Waals surface area contributed by atoms with Gasteiger partial charge in [0.25, 0.3) is 0 Å². The second-order valence-electron chi connectivity index (χ2n) is 5.58. The standard InChI is InChI=1S/C16H26N2OS2/c1-5-7-16(8-6-2,14(17)20)15(19)18-10-13-9-11(3)12(4)21-13/h9H,5-8,10H2,1-4H3,(H2,17,20)(H,18,19). The van der Waals surface area contributed by atoms with Crippen molar-refractivity contribution in [1.29, 1.82) is 0 Å². The van der Waals surface area contributed by atoms with Crippen LogP contribution in [0.1, 0.15) is 54.8 Å². The molecule has 1 rings (SSSR count). The topological polar surface area (TPSA) is 55.1 Å². The van der Waals surface area contributed by atoms with Gasteiger partial charge in [0.15, 0.2) is 0 Å². The van der Waals surface area contributed by atoms with E-state index in [1.54, 1.807) is 11.3 Å². The number of rotatable bonds is 8. The SMILES string of the molecule is CCCC(CCC)(C(=O)NCc1cc(C)c(C)s1)C(N)=S. The lowest BCUT2D eigenvalue weighted by atomic mass is 9.78. The van der Waals surface area contributed by atoms with E-state index in [1.165, 1.54) is 15.3 Å². The summed E-state index contributed by atoms with van der Waals surface area (Å²) in [5.74, 6) is -0.0255. The largest absolute Gasteiger partial charge is 0.392 e. The lowest BCUT2D eigenvalue weighted by Gasteiger charge is -2.31. The number of nitrogens with one attached hydrogen (secondary N) is 1. The summed E-state index contributed by atoms with van der Waals surface area (Å²) in [6.45, 7) is 8.85. The molecule has 0 unspecified atom stereocenters. The van der Waals surface area contributed by atoms with E-state index in [0.29, 0.717) is 24.4 Å². The van der Waals surface area contributed by atoms with Gasteiger partial charge in [-0.1, -0.05) is 38.9 Å². The molecule has 1 aromatic heterocycles. The van der Waals surface area contributed by atoms with E-state index >= 15 is 0 Å². The molecular weight excluding hydrogens is 300 g/mol. The van der Waals surface area contributed by atoms with Crippen LogP contribution in [-0.2, 0) is 11.3 Å². The van der Waals surface area contributed by atoms with Crippen molar-refractivity contribution < 1.29 is 4.79 Å². The maximum Gasteiger partial charge on any atom is 0.233 e. The predicted octanol–water partition coefficient (Wildman–Crippen LogP) is 3.85. The summed E-state index contributed by atoms with van der Waals surface area (Å²) >= 11 is 6.93. The zero-order valence-electron chi connectivity index (χ0n) is 13.4. The molecule has 5 heteroatoms. The van der Waals surface area contributed by atoms with Gasteiger partial charge in [0, 0.05) is 9.75 Å². The first-order valence-corrected chi connectivity index (χ1v) is 8.74. The summed E-state index contributed by atoms with van der Waals surface area (Å²) < 4.78 is 0. The number of carbonyl (C=O) groups excluding carboxylic acids is 1. The molecule has 0 saturated carbocycles. The first kappa shape index (κ1) is 18.1. The maximum atomic E-state index is 12.7. The van der Waals surface area contributed by atoms with Crippen molar-refractivity contribution in [3.63, 3.8) is 0 Å². The van der Waals surface area contributed by atoms with Crippen LogP contribution in [0.4, 0.5) is 0 Å². The van der Waals surface area contributed by atoms with Gasteiger partial charge >= 0.3 is 0 Å². The number of carbonyl (C=O) groups is 1. The number of aryl methyl sites for hydroxylation is 2. The average molecular weight is 327 g/mol. The van der Waals surface area contributed by atoms with Gasteiger partial charge in [0.2, 0.25) is 5.91 Å². The van der Waals surface area contributed by atoms with E-state index < -0.39 is 5.41 Å². The number of nitrogens with two attached hydrogens (primary N) is 1. The minimum atomic E-state index is -0.694. The van der Waals surface area contributed by atoms with Crippen LogP contribution in [-0.4, -0.2) is 10.9 Å². The average Bonchev–Trinajstić information content (AvgIpc) is 2.74. The molecule has 0 aliphatic rings. The molecule has 0 fully saturated rings. The second-order valence-corrected chi connectivity index (χ2v) is 7.36. The van der Waals surface area contributed by atoms with E-state index in [4.69, 9.17) is 18.0 Å². The van der Waals surface area contributed by atoms with Crippen LogP contribution in [0.2, 0.25) is 0 Å². The van der Waals surface area contributed by atoms with Gasteiger partial charge in [-0.25, -0.2) is 0 Å². The quantitative estimate of drug-likeness (QED) is 0.713. The van der Waals surface area contributed by atoms with Crippen molar-refractivity contribution >= 4 is 34.5 Å². The predicted molar refractivity (Wildman–Crippen MR) is 94.7 cm³/mol. The third-order valence-electron chi connectivity index (χ3n) is 3.90. The number of amides is 1. The van der Waals surface area contributed by atoms with Gasteiger partial charge < -0.3 is 11.1 Å². The summed E-state index contributed by atoms with van der Waals surface area (Å²) in [5.41, 5.74) is 6.49. The van der Waals surface area contributed by atoms with Crippen molar-refractivity contribution in [2.24, 2.45) is 11.1 Å². The molecule has 0 aliphatic heterocycles. The van der Waals surface area contributed by atoms with Gasteiger partial charge in [-0.2, -0.15) is 0 Å². The zero-order chi connectivity index (χ0) is 16.0. The summed E-state index contributed by atoms with van der Waals surface area (Å²) in [6, 6.07) is 2.13. The zero-order valence-corrected chi connectivity index (χ0v) is 15.0. The molecule has 118 valence electrons. The van der Waals surface area contributed by atoms with Crippen molar-refractivity contribution in [2.45, 2.75) is 59.9 Å². The molecule has 1 aromatic rings. The van der Waals surface area contributed by atoms with Crippen molar-refractivity contribution in [2.75, 3.05) is 0 Å². The minimum Gasteiger partial charge on any atom is -0.392 e. The van der Waals surface area contributed by atoms with Crippen LogP contribution in [0.3, 0.4) is 0 Å². The summed E-state index contributed by atoms with van der Waals surface area (Å²) in [4.78, 5) is 15.5. The molecule has 0 bridgehead atoms. The first-order valence-electron chi connectivity index (χ1n) is 7.51. The highest BCUT2D eigenvalue weighted by Gasteiger charge is 2.39. The van der Waals surface area contributed by atoms with E-state index in [9.17, 15) is 4.79 Å². The monoisotopic (exact) mass is 326 g/mol. The molecule has 3 N–H and O–H groups in total. The molecule has 1 heterocycles. The second kappa shape index (κ2) is 7.90. The van der Waals surface area contributed by atoms with Gasteiger partial charge in [-0.05, 0) is 38.3 Å². The Bertz CT molecular complexity index is 483. The Labute approximate surface area is 137 Å². The highest BCUT2D eigenvalue weighted by molar-refractivity contribution is 7.80. The first-order chi connectivity index (χ1) is 9.87. The van der Waals surface area contributed by atoms with Gasteiger partial charge in [-0.3, -0.25) is 4.79 Å². The Morgan fingerprint density at radius 1 is 1.33 bits per heavy atom. The van der Waals surface area contributed by atoms with Crippen LogP contribution in [0.5, 0.6) is 0 Å². The fraction of sp³-hybridized carbons (Fsp3) is 0.625. The van der Waals surface area contributed by atoms with E-state index in [0.717, 1.165) is 12.8 Å². The molecule has 0 spiro atoms. The highest BCUT2D eigenvalue weighted by Crippen LogP contribution is 2.31. The van der Waals surface area contributed by atoms with Crippen molar-refractivity contribution in [3.8, 4) is 0 Å². The third-order valence-corrected chi connectivity index (χ3v) is 5.44. The van der Waals surface area contributed by atoms with Crippen molar-refractivity contribution in [3.05, 3.63) is 21.4 Å². The summed E-state index contributed by atoms with van der Waals surface area (Å²) in [5, 5.41) is 3.04. The highest BCUT2D eigenvalue weighted by atomic mass is 32.1. The van der Waals surface area contributed by atoms with Gasteiger partial charge in [0.1, 0.15) is 0 Å². The Hall–Kier alpha value is -0.940.